The summed E-state index contributed by atoms with van der Waals surface area (Å²) in [7, 11) is 0. The molecule has 2 rings (SSSR count). The predicted molar refractivity (Wildman–Crippen MR) is 116 cm³/mol. The van der Waals surface area contributed by atoms with E-state index >= 15 is 0 Å². The maximum absolute atomic E-state index is 11.3. The van der Waals surface area contributed by atoms with Gasteiger partial charge in [0.25, 0.3) is 0 Å². The average Bonchev–Trinajstić information content (AvgIpc) is 3.09. The smallest absolute Gasteiger partial charge is 0.331 e. The topological polar surface area (TPSA) is 63.6 Å². The fourth-order valence-electron chi connectivity index (χ4n) is 4.34. The van der Waals surface area contributed by atoms with Crippen molar-refractivity contribution in [3.8, 4) is 0 Å². The zero-order chi connectivity index (χ0) is 21.4. The van der Waals surface area contributed by atoms with Crippen molar-refractivity contribution in [2.24, 2.45) is 5.41 Å². The first kappa shape index (κ1) is 23.3. The summed E-state index contributed by atoms with van der Waals surface area (Å²) in [6, 6.07) is 0. The van der Waals surface area contributed by atoms with E-state index in [9.17, 15) is 14.7 Å². The number of aliphatic hydroxyl groups is 1. The van der Waals surface area contributed by atoms with E-state index in [2.05, 4.69) is 33.8 Å². The van der Waals surface area contributed by atoms with Gasteiger partial charge in [-0.05, 0) is 76.2 Å². The van der Waals surface area contributed by atoms with E-state index in [1.165, 1.54) is 30.9 Å². The molecule has 2 aliphatic rings. The van der Waals surface area contributed by atoms with Gasteiger partial charge in [0.2, 0.25) is 0 Å². The molecule has 1 N–H and O–H groups in total. The molecule has 0 bridgehead atoms. The summed E-state index contributed by atoms with van der Waals surface area (Å²) in [5.41, 5.74) is 6.14. The van der Waals surface area contributed by atoms with Crippen molar-refractivity contribution in [1.82, 2.24) is 0 Å². The van der Waals surface area contributed by atoms with Crippen LogP contribution in [-0.2, 0) is 14.3 Å². The van der Waals surface area contributed by atoms with Gasteiger partial charge in [-0.2, -0.15) is 0 Å². The monoisotopic (exact) mass is 400 g/mol. The molecular weight excluding hydrogens is 364 g/mol. The van der Waals surface area contributed by atoms with Crippen molar-refractivity contribution in [2.75, 3.05) is 6.61 Å². The molecule has 0 fully saturated rings. The number of allylic oxidation sites excluding steroid dienone is 5. The van der Waals surface area contributed by atoms with Crippen LogP contribution < -0.4 is 0 Å². The summed E-state index contributed by atoms with van der Waals surface area (Å²) < 4.78 is 4.80. The third-order valence-electron chi connectivity index (χ3n) is 6.25. The predicted octanol–water partition coefficient (Wildman–Crippen LogP) is 5.38. The lowest BCUT2D eigenvalue weighted by atomic mass is 9.71. The van der Waals surface area contributed by atoms with Gasteiger partial charge in [0.1, 0.15) is 12.9 Å². The minimum Gasteiger partial charge on any atom is -0.458 e. The summed E-state index contributed by atoms with van der Waals surface area (Å²) in [5.74, 6) is -0.415. The number of rotatable bonds is 10. The average molecular weight is 401 g/mol. The molecule has 0 saturated heterocycles. The number of hydrogen-bond donors (Lipinski definition) is 1. The highest BCUT2D eigenvalue weighted by molar-refractivity contribution is 5.85. The second-order valence-electron chi connectivity index (χ2n) is 9.06. The maximum Gasteiger partial charge on any atom is 0.331 e. The Bertz CT molecular complexity index is 734. The fraction of sp³-hybridized carbons (Fsp3) is 0.600. The lowest BCUT2D eigenvalue weighted by Crippen LogP contribution is -2.20. The first-order valence-corrected chi connectivity index (χ1v) is 10.8. The van der Waals surface area contributed by atoms with Gasteiger partial charge in [-0.1, -0.05) is 42.7 Å². The Morgan fingerprint density at radius 1 is 1.31 bits per heavy atom. The molecular formula is C25H36O4. The molecule has 0 saturated carbocycles. The van der Waals surface area contributed by atoms with Crippen LogP contribution in [0.5, 0.6) is 0 Å². The van der Waals surface area contributed by atoms with E-state index in [4.69, 9.17) is 4.74 Å². The minimum atomic E-state index is -0.774. The normalized spacial score (nSPS) is 21.1. The van der Waals surface area contributed by atoms with Gasteiger partial charge < -0.3 is 9.84 Å². The van der Waals surface area contributed by atoms with E-state index in [0.717, 1.165) is 25.5 Å². The number of esters is 1. The molecule has 1 atom stereocenters. The Kier molecular flexibility index (Phi) is 8.63. The van der Waals surface area contributed by atoms with E-state index in [0.29, 0.717) is 29.4 Å². The molecule has 4 heteroatoms. The Morgan fingerprint density at radius 3 is 2.69 bits per heavy atom. The lowest BCUT2D eigenvalue weighted by Gasteiger charge is -2.35. The van der Waals surface area contributed by atoms with E-state index in [1.807, 2.05) is 0 Å². The Labute approximate surface area is 175 Å². The van der Waals surface area contributed by atoms with Crippen molar-refractivity contribution < 1.29 is 19.4 Å². The molecule has 0 amide bonds. The molecule has 29 heavy (non-hydrogen) atoms. The molecule has 160 valence electrons. The molecule has 1 aliphatic heterocycles. The van der Waals surface area contributed by atoms with Crippen LogP contribution in [0.4, 0.5) is 0 Å². The second kappa shape index (κ2) is 10.7. The maximum atomic E-state index is 11.3. The molecule has 1 aliphatic carbocycles. The standard InChI is InChI=1S/C25H36O4/c1-18(10-12-22-19(2)8-6-14-25(22,3)4)7-5-9-20(16-26)11-13-23(27)21-15-24(28)29-17-21/h7,11,15-16,23,27H,5-6,8-10,12-14,17H2,1-4H3. The third-order valence-corrected chi connectivity index (χ3v) is 6.25. The number of ether oxygens (including phenoxy) is 1. The van der Waals surface area contributed by atoms with Crippen LogP contribution in [-0.4, -0.2) is 30.1 Å². The van der Waals surface area contributed by atoms with Crippen LogP contribution in [0.25, 0.3) is 0 Å². The summed E-state index contributed by atoms with van der Waals surface area (Å²) >= 11 is 0. The van der Waals surface area contributed by atoms with Crippen LogP contribution in [0.3, 0.4) is 0 Å². The van der Waals surface area contributed by atoms with Crippen LogP contribution in [0.2, 0.25) is 0 Å². The molecule has 0 spiro atoms. The van der Waals surface area contributed by atoms with Crippen molar-refractivity contribution >= 4 is 12.3 Å². The number of hydrogen-bond acceptors (Lipinski definition) is 4. The van der Waals surface area contributed by atoms with Crippen LogP contribution in [0, 0.1) is 5.41 Å². The van der Waals surface area contributed by atoms with E-state index in [1.54, 1.807) is 17.2 Å². The third kappa shape index (κ3) is 7.11. The van der Waals surface area contributed by atoms with Crippen molar-refractivity contribution in [3.63, 3.8) is 0 Å². The number of aldehydes is 1. The minimum absolute atomic E-state index is 0.138. The first-order valence-electron chi connectivity index (χ1n) is 10.8. The lowest BCUT2D eigenvalue weighted by molar-refractivity contribution is -0.135. The molecule has 1 heterocycles. The summed E-state index contributed by atoms with van der Waals surface area (Å²) in [6.07, 6.45) is 13.2. The second-order valence-corrected chi connectivity index (χ2v) is 9.06. The SMILES string of the molecule is CC(=CCCC(C=O)=CCC(O)C1=CC(=O)OC1)CCC1=C(C)CCCC1(C)C. The molecule has 0 radical (unpaired) electrons. The van der Waals surface area contributed by atoms with Crippen LogP contribution >= 0.6 is 0 Å². The number of aliphatic hydroxyl groups excluding tert-OH is 1. The van der Waals surface area contributed by atoms with Crippen LogP contribution in [0.1, 0.15) is 79.1 Å². The number of carbonyl (C=O) groups is 2. The van der Waals surface area contributed by atoms with Gasteiger partial charge in [0.15, 0.2) is 0 Å². The summed E-state index contributed by atoms with van der Waals surface area (Å²) in [6.45, 7) is 9.32. The summed E-state index contributed by atoms with van der Waals surface area (Å²) in [4.78, 5) is 22.4. The number of carbonyl (C=O) groups excluding carboxylic acids is 2. The molecule has 1 unspecified atom stereocenters. The zero-order valence-corrected chi connectivity index (χ0v) is 18.4. The first-order chi connectivity index (χ1) is 13.7. The Morgan fingerprint density at radius 2 is 2.07 bits per heavy atom. The molecule has 4 nitrogen and oxygen atoms in total. The van der Waals surface area contributed by atoms with Crippen molar-refractivity contribution in [3.05, 3.63) is 46.1 Å². The highest BCUT2D eigenvalue weighted by Gasteiger charge is 2.27. The van der Waals surface area contributed by atoms with Gasteiger partial charge in [0, 0.05) is 11.6 Å². The van der Waals surface area contributed by atoms with Crippen molar-refractivity contribution in [2.45, 2.75) is 85.2 Å². The van der Waals surface area contributed by atoms with Gasteiger partial charge in [-0.15, -0.1) is 0 Å². The highest BCUT2D eigenvalue weighted by atomic mass is 16.5. The quantitative estimate of drug-likeness (QED) is 0.231. The zero-order valence-electron chi connectivity index (χ0n) is 18.4. The van der Waals surface area contributed by atoms with Gasteiger partial charge >= 0.3 is 5.97 Å². The summed E-state index contributed by atoms with van der Waals surface area (Å²) in [5, 5.41) is 10.1. The van der Waals surface area contributed by atoms with Crippen molar-refractivity contribution in [1.29, 1.82) is 0 Å². The molecule has 0 aromatic heterocycles. The molecule has 0 aromatic rings. The van der Waals surface area contributed by atoms with Gasteiger partial charge in [-0.3, -0.25) is 4.79 Å². The highest BCUT2D eigenvalue weighted by Crippen LogP contribution is 2.42. The van der Waals surface area contributed by atoms with E-state index < -0.39 is 12.1 Å². The van der Waals surface area contributed by atoms with Gasteiger partial charge in [0.05, 0.1) is 6.10 Å². The molecule has 0 aromatic carbocycles. The van der Waals surface area contributed by atoms with Gasteiger partial charge in [-0.25, -0.2) is 4.79 Å². The Hall–Kier alpha value is -1.94. The largest absolute Gasteiger partial charge is 0.458 e. The van der Waals surface area contributed by atoms with E-state index in [-0.39, 0.29) is 6.61 Å². The fourth-order valence-corrected chi connectivity index (χ4v) is 4.34. The Balaban J connectivity index is 1.81. The van der Waals surface area contributed by atoms with Crippen LogP contribution in [0.15, 0.2) is 46.1 Å². The number of cyclic esters (lactones) is 1.